The van der Waals surface area contributed by atoms with E-state index in [2.05, 4.69) is 10.5 Å². The zero-order chi connectivity index (χ0) is 28.0. The maximum Gasteiger partial charge on any atom is 0.336 e. The van der Waals surface area contributed by atoms with Gasteiger partial charge in [-0.15, -0.1) is 0 Å². The van der Waals surface area contributed by atoms with Crippen molar-refractivity contribution in [3.05, 3.63) is 130 Å². The summed E-state index contributed by atoms with van der Waals surface area (Å²) in [5.41, 5.74) is 4.78. The summed E-state index contributed by atoms with van der Waals surface area (Å²) in [5.74, 6) is -1.61. The predicted octanol–water partition coefficient (Wildman–Crippen LogP) is 5.51. The van der Waals surface area contributed by atoms with Gasteiger partial charge in [-0.1, -0.05) is 66.2 Å². The second-order valence-corrected chi connectivity index (χ2v) is 10.8. The lowest BCUT2D eigenvalue weighted by atomic mass is 10.1. The smallest absolute Gasteiger partial charge is 0.336 e. The first-order chi connectivity index (χ1) is 18.7. The molecular formula is C29H24ClN3O5S. The number of sulfonamides is 1. The van der Waals surface area contributed by atoms with Crippen LogP contribution in [-0.4, -0.2) is 31.6 Å². The van der Waals surface area contributed by atoms with E-state index in [1.807, 2.05) is 0 Å². The third-order valence-corrected chi connectivity index (χ3v) is 8.13. The highest BCUT2D eigenvalue weighted by Crippen LogP contribution is 2.32. The lowest BCUT2D eigenvalue weighted by Gasteiger charge is -2.26. The number of nitrogens with one attached hydrogen (secondary N) is 1. The van der Waals surface area contributed by atoms with Gasteiger partial charge in [-0.3, -0.25) is 9.10 Å². The van der Waals surface area contributed by atoms with Crippen LogP contribution in [0.15, 0.2) is 107 Å². The van der Waals surface area contributed by atoms with Crippen LogP contribution in [0.3, 0.4) is 0 Å². The molecule has 0 spiro atoms. The Morgan fingerprint density at radius 3 is 2.28 bits per heavy atom. The summed E-state index contributed by atoms with van der Waals surface area (Å²) in [7, 11) is -3.93. The Morgan fingerprint density at radius 2 is 1.59 bits per heavy atom. The lowest BCUT2D eigenvalue weighted by molar-refractivity contribution is 0.0696. The van der Waals surface area contributed by atoms with E-state index in [-0.39, 0.29) is 17.0 Å². The van der Waals surface area contributed by atoms with Crippen molar-refractivity contribution in [2.75, 3.05) is 4.31 Å². The van der Waals surface area contributed by atoms with Gasteiger partial charge in [-0.05, 0) is 60.5 Å². The Hall–Kier alpha value is -4.47. The largest absolute Gasteiger partial charge is 0.478 e. The van der Waals surface area contributed by atoms with Crippen LogP contribution in [0.25, 0.3) is 0 Å². The van der Waals surface area contributed by atoms with Crippen molar-refractivity contribution in [3.8, 4) is 0 Å². The van der Waals surface area contributed by atoms with Crippen LogP contribution in [0.1, 0.15) is 37.4 Å². The molecule has 0 bridgehead atoms. The summed E-state index contributed by atoms with van der Waals surface area (Å²) in [6.07, 6.45) is 1.26. The molecule has 0 aliphatic carbocycles. The van der Waals surface area contributed by atoms with Gasteiger partial charge in [-0.25, -0.2) is 18.6 Å². The summed E-state index contributed by atoms with van der Waals surface area (Å²) in [4.78, 5) is 24.0. The number of hydrazone groups is 1. The van der Waals surface area contributed by atoms with Crippen LogP contribution < -0.4 is 9.73 Å². The van der Waals surface area contributed by atoms with Crippen molar-refractivity contribution >= 4 is 45.4 Å². The number of carboxylic acid groups (broad SMARTS) is 1. The first-order valence-electron chi connectivity index (χ1n) is 11.8. The standard InChI is InChI=1S/C29H24ClN3O5S/c1-20-26(30)12-7-13-27(20)33(39(37,38)24-9-3-2-4-10-24)19-21-14-16-22(17-15-21)28(34)32-31-18-23-8-5-6-11-25(23)29(35)36/h2-18H,19H2,1H3,(H,32,34)(H,35,36). The van der Waals surface area contributed by atoms with Gasteiger partial charge in [0.1, 0.15) is 0 Å². The van der Waals surface area contributed by atoms with E-state index in [0.29, 0.717) is 33.0 Å². The quantitative estimate of drug-likeness (QED) is 0.206. The van der Waals surface area contributed by atoms with Crippen LogP contribution in [-0.2, 0) is 16.6 Å². The van der Waals surface area contributed by atoms with Gasteiger partial charge in [0.25, 0.3) is 15.9 Å². The summed E-state index contributed by atoms with van der Waals surface area (Å²) in [5, 5.41) is 13.6. The second kappa shape index (κ2) is 11.9. The van der Waals surface area contributed by atoms with Crippen molar-refractivity contribution < 1.29 is 23.1 Å². The normalized spacial score (nSPS) is 11.3. The number of nitrogens with zero attached hydrogens (tertiary/aromatic N) is 2. The van der Waals surface area contributed by atoms with E-state index in [1.54, 1.807) is 85.8 Å². The molecule has 2 N–H and O–H groups in total. The number of anilines is 1. The fourth-order valence-electron chi connectivity index (χ4n) is 3.84. The first kappa shape index (κ1) is 27.6. The molecule has 8 nitrogen and oxygen atoms in total. The summed E-state index contributed by atoms with van der Waals surface area (Å²) >= 11 is 6.31. The monoisotopic (exact) mass is 561 g/mol. The molecule has 10 heteroatoms. The maximum absolute atomic E-state index is 13.6. The van der Waals surface area contributed by atoms with E-state index in [0.717, 1.165) is 0 Å². The molecule has 0 atom stereocenters. The number of hydrogen-bond acceptors (Lipinski definition) is 5. The molecule has 0 aliphatic heterocycles. The van der Waals surface area contributed by atoms with Crippen molar-refractivity contribution in [2.24, 2.45) is 5.10 Å². The summed E-state index contributed by atoms with van der Waals surface area (Å²) in [6.45, 7) is 1.76. The molecule has 4 aromatic carbocycles. The molecule has 0 fully saturated rings. The number of carboxylic acids is 1. The number of halogens is 1. The number of aromatic carboxylic acids is 1. The number of carbonyl (C=O) groups is 2. The van der Waals surface area contributed by atoms with E-state index in [1.165, 1.54) is 28.7 Å². The van der Waals surface area contributed by atoms with Gasteiger partial charge >= 0.3 is 5.97 Å². The topological polar surface area (TPSA) is 116 Å². The molecule has 198 valence electrons. The highest BCUT2D eigenvalue weighted by Gasteiger charge is 2.27. The first-order valence-corrected chi connectivity index (χ1v) is 13.6. The molecule has 4 rings (SSSR count). The third-order valence-electron chi connectivity index (χ3n) is 5.94. The highest BCUT2D eigenvalue weighted by atomic mass is 35.5. The number of benzene rings is 4. The molecule has 4 aromatic rings. The molecule has 0 saturated heterocycles. The van der Waals surface area contributed by atoms with Crippen LogP contribution in [0.5, 0.6) is 0 Å². The fraction of sp³-hybridized carbons (Fsp3) is 0.0690. The minimum atomic E-state index is -3.93. The van der Waals surface area contributed by atoms with Gasteiger partial charge in [0, 0.05) is 16.1 Å². The molecule has 1 amide bonds. The second-order valence-electron chi connectivity index (χ2n) is 8.50. The van der Waals surface area contributed by atoms with Gasteiger partial charge in [0.05, 0.1) is 28.9 Å². The average molecular weight is 562 g/mol. The Balaban J connectivity index is 1.55. The molecule has 0 aliphatic rings. The van der Waals surface area contributed by atoms with Crippen LogP contribution in [0.4, 0.5) is 5.69 Å². The van der Waals surface area contributed by atoms with E-state index >= 15 is 0 Å². The lowest BCUT2D eigenvalue weighted by Crippen LogP contribution is -2.31. The highest BCUT2D eigenvalue weighted by molar-refractivity contribution is 7.92. The molecule has 0 saturated carbocycles. The van der Waals surface area contributed by atoms with Crippen LogP contribution in [0.2, 0.25) is 5.02 Å². The average Bonchev–Trinajstić information content (AvgIpc) is 2.94. The molecule has 0 heterocycles. The van der Waals surface area contributed by atoms with E-state index < -0.39 is 21.9 Å². The Kier molecular flexibility index (Phi) is 8.43. The van der Waals surface area contributed by atoms with Crippen LogP contribution >= 0.6 is 11.6 Å². The van der Waals surface area contributed by atoms with Crippen molar-refractivity contribution in [1.29, 1.82) is 0 Å². The molecular weight excluding hydrogens is 538 g/mol. The SMILES string of the molecule is Cc1c(Cl)cccc1N(Cc1ccc(C(=O)NN=Cc2ccccc2C(=O)O)cc1)S(=O)(=O)c1ccccc1. The van der Waals surface area contributed by atoms with E-state index in [4.69, 9.17) is 11.6 Å². The number of hydrogen-bond donors (Lipinski definition) is 2. The fourth-order valence-corrected chi connectivity index (χ4v) is 5.54. The van der Waals surface area contributed by atoms with Crippen molar-refractivity contribution in [1.82, 2.24) is 5.43 Å². The number of carbonyl (C=O) groups excluding carboxylic acids is 1. The summed E-state index contributed by atoms with van der Waals surface area (Å²) < 4.78 is 28.6. The Morgan fingerprint density at radius 1 is 0.923 bits per heavy atom. The maximum atomic E-state index is 13.6. The van der Waals surface area contributed by atoms with Gasteiger partial charge < -0.3 is 5.11 Å². The Bertz CT molecular complexity index is 1640. The molecule has 0 radical (unpaired) electrons. The molecule has 0 unspecified atom stereocenters. The number of rotatable bonds is 9. The Labute approximate surface area is 231 Å². The van der Waals surface area contributed by atoms with Gasteiger partial charge in [0.15, 0.2) is 0 Å². The molecule has 0 aromatic heterocycles. The molecule has 39 heavy (non-hydrogen) atoms. The minimum absolute atomic E-state index is 0.00440. The van der Waals surface area contributed by atoms with Gasteiger partial charge in [0.2, 0.25) is 0 Å². The minimum Gasteiger partial charge on any atom is -0.478 e. The number of amides is 1. The third kappa shape index (κ3) is 6.34. The van der Waals surface area contributed by atoms with Crippen LogP contribution in [0, 0.1) is 6.92 Å². The zero-order valence-electron chi connectivity index (χ0n) is 20.8. The van der Waals surface area contributed by atoms with Crippen molar-refractivity contribution in [3.63, 3.8) is 0 Å². The van der Waals surface area contributed by atoms with Gasteiger partial charge in [-0.2, -0.15) is 5.10 Å². The summed E-state index contributed by atoms with van der Waals surface area (Å²) in [6, 6.07) is 25.9. The van der Waals surface area contributed by atoms with E-state index in [9.17, 15) is 23.1 Å². The van der Waals surface area contributed by atoms with Crippen molar-refractivity contribution in [2.45, 2.75) is 18.4 Å². The zero-order valence-corrected chi connectivity index (χ0v) is 22.4. The predicted molar refractivity (Wildman–Crippen MR) is 151 cm³/mol.